The molecular formula is C25H22Cl2N2O4. The van der Waals surface area contributed by atoms with E-state index in [2.05, 4.69) is 4.98 Å². The molecule has 0 radical (unpaired) electrons. The van der Waals surface area contributed by atoms with Crippen molar-refractivity contribution in [1.29, 1.82) is 0 Å². The molecule has 1 aliphatic heterocycles. The third-order valence-corrected chi connectivity index (χ3v) is 6.10. The number of carbonyl (C=O) groups excluding carboxylic acids is 2. The summed E-state index contributed by atoms with van der Waals surface area (Å²) in [4.78, 5) is 31.1. The van der Waals surface area contributed by atoms with Crippen molar-refractivity contribution in [1.82, 2.24) is 9.88 Å². The van der Waals surface area contributed by atoms with Gasteiger partial charge in [0, 0.05) is 36.4 Å². The molecule has 0 saturated carbocycles. The third kappa shape index (κ3) is 5.03. The first-order valence-electron chi connectivity index (χ1n) is 10.4. The van der Waals surface area contributed by atoms with Gasteiger partial charge in [-0.2, -0.15) is 0 Å². The lowest BCUT2D eigenvalue weighted by atomic mass is 9.90. The third-order valence-electron chi connectivity index (χ3n) is 5.60. The molecule has 3 aromatic rings. The number of amides is 1. The Balaban J connectivity index is 1.78. The fraction of sp³-hybridized carbons (Fsp3) is 0.240. The van der Waals surface area contributed by atoms with E-state index in [0.717, 1.165) is 11.1 Å². The number of aromatic nitrogens is 1. The number of benzene rings is 2. The highest BCUT2D eigenvalue weighted by molar-refractivity contribution is 6.30. The minimum atomic E-state index is -1.05. The molecule has 2 unspecified atom stereocenters. The van der Waals surface area contributed by atoms with Crippen molar-refractivity contribution in [2.75, 3.05) is 7.05 Å². The van der Waals surface area contributed by atoms with Gasteiger partial charge in [0.2, 0.25) is 0 Å². The number of hydrogen-bond acceptors (Lipinski definition) is 5. The van der Waals surface area contributed by atoms with E-state index in [4.69, 9.17) is 32.7 Å². The van der Waals surface area contributed by atoms with Crippen molar-refractivity contribution >= 4 is 35.1 Å². The molecule has 4 atom stereocenters. The van der Waals surface area contributed by atoms with Gasteiger partial charge in [-0.05, 0) is 53.1 Å². The van der Waals surface area contributed by atoms with Crippen LogP contribution in [0.4, 0.5) is 0 Å². The molecule has 6 nitrogen and oxygen atoms in total. The summed E-state index contributed by atoms with van der Waals surface area (Å²) >= 11 is 12.2. The smallest absolute Gasteiger partial charge is 0.303 e. The van der Waals surface area contributed by atoms with Crippen LogP contribution in [0.5, 0.6) is 0 Å². The maximum atomic E-state index is 13.6. The molecule has 170 valence electrons. The molecule has 33 heavy (non-hydrogen) atoms. The normalized spacial score (nSPS) is 21.5. The number of likely N-dealkylation sites (N-methyl/N-ethyl adjacent to an activating group) is 1. The van der Waals surface area contributed by atoms with E-state index in [9.17, 15) is 9.59 Å². The molecular weight excluding hydrogens is 463 g/mol. The average Bonchev–Trinajstić information content (AvgIpc) is 2.81. The first-order valence-corrected chi connectivity index (χ1v) is 11.1. The number of morpholine rings is 1. The van der Waals surface area contributed by atoms with Gasteiger partial charge in [0.25, 0.3) is 5.91 Å². The van der Waals surface area contributed by atoms with Crippen LogP contribution in [0.3, 0.4) is 0 Å². The summed E-state index contributed by atoms with van der Waals surface area (Å²) in [5, 5.41) is 1.19. The minimum absolute atomic E-state index is 0.303. The molecule has 1 amide bonds. The maximum absolute atomic E-state index is 13.6. The summed E-state index contributed by atoms with van der Waals surface area (Å²) in [5.41, 5.74) is 2.31. The highest BCUT2D eigenvalue weighted by atomic mass is 35.5. The standard InChI is InChI=1S/C25H22Cl2N2O4/c1-15(30)32-23(18-11-13-28-14-12-18)24-25(31)29(2)21(16-3-7-19(26)8-4-16)22(33-24)17-5-9-20(27)10-6-17/h3-14,21-24H,1-2H3/t21?,22-,23+,24?/m0/s1. The summed E-state index contributed by atoms with van der Waals surface area (Å²) in [6.07, 6.45) is 0.634. The lowest BCUT2D eigenvalue weighted by molar-refractivity contribution is -0.193. The largest absolute Gasteiger partial charge is 0.454 e. The molecule has 1 saturated heterocycles. The van der Waals surface area contributed by atoms with Gasteiger partial charge in [0.15, 0.2) is 12.2 Å². The Bertz CT molecular complexity index is 1120. The fourth-order valence-electron chi connectivity index (χ4n) is 4.04. The second-order valence-electron chi connectivity index (χ2n) is 7.78. The fourth-order valence-corrected chi connectivity index (χ4v) is 4.29. The number of pyridine rings is 1. The van der Waals surface area contributed by atoms with Gasteiger partial charge in [0.05, 0.1) is 6.04 Å². The second-order valence-corrected chi connectivity index (χ2v) is 8.66. The highest BCUT2D eigenvalue weighted by Crippen LogP contribution is 2.44. The zero-order chi connectivity index (χ0) is 23.5. The summed E-state index contributed by atoms with van der Waals surface area (Å²) in [5.74, 6) is -0.818. The summed E-state index contributed by atoms with van der Waals surface area (Å²) in [6.45, 7) is 1.30. The quantitative estimate of drug-likeness (QED) is 0.457. The summed E-state index contributed by atoms with van der Waals surface area (Å²) in [6, 6.07) is 17.5. The van der Waals surface area contributed by atoms with Gasteiger partial charge in [-0.1, -0.05) is 47.5 Å². The molecule has 0 bridgehead atoms. The number of carbonyl (C=O) groups is 2. The van der Waals surface area contributed by atoms with Crippen LogP contribution in [-0.4, -0.2) is 34.9 Å². The van der Waals surface area contributed by atoms with Gasteiger partial charge in [-0.15, -0.1) is 0 Å². The van der Waals surface area contributed by atoms with Crippen LogP contribution in [0.2, 0.25) is 10.0 Å². The van der Waals surface area contributed by atoms with Crippen LogP contribution < -0.4 is 0 Å². The lowest BCUT2D eigenvalue weighted by Crippen LogP contribution is -2.51. The number of rotatable bonds is 5. The maximum Gasteiger partial charge on any atom is 0.303 e. The molecule has 1 aliphatic rings. The first kappa shape index (κ1) is 23.2. The summed E-state index contributed by atoms with van der Waals surface area (Å²) in [7, 11) is 1.72. The van der Waals surface area contributed by atoms with Gasteiger partial charge in [-0.25, -0.2) is 0 Å². The zero-order valence-corrected chi connectivity index (χ0v) is 19.5. The van der Waals surface area contributed by atoms with Gasteiger partial charge >= 0.3 is 5.97 Å². The predicted molar refractivity (Wildman–Crippen MR) is 125 cm³/mol. The van der Waals surface area contributed by atoms with Crippen LogP contribution in [0.25, 0.3) is 0 Å². The van der Waals surface area contributed by atoms with Crippen LogP contribution >= 0.6 is 23.2 Å². The molecule has 2 aromatic carbocycles. The molecule has 1 fully saturated rings. The molecule has 4 rings (SSSR count). The second kappa shape index (κ2) is 9.91. The van der Waals surface area contributed by atoms with Crippen LogP contribution in [0, 0.1) is 0 Å². The highest BCUT2D eigenvalue weighted by Gasteiger charge is 2.47. The zero-order valence-electron chi connectivity index (χ0n) is 18.0. The van der Waals surface area contributed by atoms with E-state index in [1.165, 1.54) is 6.92 Å². The molecule has 2 heterocycles. The van der Waals surface area contributed by atoms with Crippen molar-refractivity contribution in [3.63, 3.8) is 0 Å². The minimum Gasteiger partial charge on any atom is -0.454 e. The molecule has 1 aromatic heterocycles. The van der Waals surface area contributed by atoms with Crippen molar-refractivity contribution in [3.05, 3.63) is 99.8 Å². The number of esters is 1. The van der Waals surface area contributed by atoms with E-state index in [1.54, 1.807) is 60.7 Å². The molecule has 0 spiro atoms. The Labute approximate surface area is 202 Å². The lowest BCUT2D eigenvalue weighted by Gasteiger charge is -2.44. The van der Waals surface area contributed by atoms with Crippen LogP contribution in [0.15, 0.2) is 73.1 Å². The van der Waals surface area contributed by atoms with E-state index >= 15 is 0 Å². The van der Waals surface area contributed by atoms with Crippen molar-refractivity contribution < 1.29 is 19.1 Å². The number of ether oxygens (including phenoxy) is 2. The van der Waals surface area contributed by atoms with Crippen molar-refractivity contribution in [3.8, 4) is 0 Å². The van der Waals surface area contributed by atoms with E-state index in [1.807, 2.05) is 24.3 Å². The van der Waals surface area contributed by atoms with E-state index in [-0.39, 0.29) is 5.91 Å². The van der Waals surface area contributed by atoms with Crippen molar-refractivity contribution in [2.24, 2.45) is 0 Å². The number of hydrogen-bond donors (Lipinski definition) is 0. The molecule has 0 aliphatic carbocycles. The molecule has 0 N–H and O–H groups in total. The Morgan fingerprint density at radius 3 is 2.06 bits per heavy atom. The van der Waals surface area contributed by atoms with E-state index in [0.29, 0.717) is 15.6 Å². The average molecular weight is 485 g/mol. The first-order chi connectivity index (χ1) is 15.8. The molecule has 8 heteroatoms. The monoisotopic (exact) mass is 484 g/mol. The van der Waals surface area contributed by atoms with Crippen molar-refractivity contribution in [2.45, 2.75) is 31.3 Å². The van der Waals surface area contributed by atoms with Gasteiger partial charge < -0.3 is 14.4 Å². The Morgan fingerprint density at radius 2 is 1.52 bits per heavy atom. The Hall–Kier alpha value is -2.93. The summed E-state index contributed by atoms with van der Waals surface area (Å²) < 4.78 is 12.0. The SMILES string of the molecule is CC(=O)O[C@H](c1ccncc1)C1O[C@@H](c2ccc(Cl)cc2)C(c2ccc(Cl)cc2)N(C)C1=O. The van der Waals surface area contributed by atoms with E-state index < -0.39 is 30.3 Å². The Morgan fingerprint density at radius 1 is 0.970 bits per heavy atom. The predicted octanol–water partition coefficient (Wildman–Crippen LogP) is 5.33. The van der Waals surface area contributed by atoms with Gasteiger partial charge in [0.1, 0.15) is 6.10 Å². The van der Waals surface area contributed by atoms with Gasteiger partial charge in [-0.3, -0.25) is 14.6 Å². The van der Waals surface area contributed by atoms with Crippen LogP contribution in [0.1, 0.15) is 41.9 Å². The Kier molecular flexibility index (Phi) is 6.98. The number of halogens is 2. The van der Waals surface area contributed by atoms with Crippen LogP contribution in [-0.2, 0) is 19.1 Å². The number of nitrogens with zero attached hydrogens (tertiary/aromatic N) is 2. The topological polar surface area (TPSA) is 68.7 Å².